The molecule has 1 saturated heterocycles. The molecule has 4 N–H and O–H groups in total. The highest BCUT2D eigenvalue weighted by Gasteiger charge is 2.16. The van der Waals surface area contributed by atoms with Crippen LogP contribution in [0.4, 0.5) is 0 Å². The molecule has 0 amide bonds. The minimum atomic E-state index is 0.0763. The van der Waals surface area contributed by atoms with Crippen molar-refractivity contribution in [3.63, 3.8) is 0 Å². The fourth-order valence-electron chi connectivity index (χ4n) is 1.32. The number of halogens is 2. The maximum Gasteiger partial charge on any atom is 0.0900 e. The molecular formula is C8H10Cl2N4. The third kappa shape index (κ3) is 2.17. The highest BCUT2D eigenvalue weighted by molar-refractivity contribution is 6.35. The zero-order valence-corrected chi connectivity index (χ0v) is 8.78. The lowest BCUT2D eigenvalue weighted by atomic mass is 10.1. The van der Waals surface area contributed by atoms with Gasteiger partial charge in [-0.25, -0.2) is 10.9 Å². The van der Waals surface area contributed by atoms with Gasteiger partial charge in [0.2, 0.25) is 0 Å². The molecule has 1 heterocycles. The smallest absolute Gasteiger partial charge is 0.0900 e. The van der Waals surface area contributed by atoms with Crippen molar-refractivity contribution in [2.45, 2.75) is 12.6 Å². The predicted octanol–water partition coefficient (Wildman–Crippen LogP) is 0.979. The Morgan fingerprint density at radius 2 is 1.64 bits per heavy atom. The van der Waals surface area contributed by atoms with E-state index in [9.17, 15) is 0 Å². The molecule has 1 fully saturated rings. The Morgan fingerprint density at radius 1 is 1.07 bits per heavy atom. The summed E-state index contributed by atoms with van der Waals surface area (Å²) < 4.78 is 0. The van der Waals surface area contributed by atoms with Gasteiger partial charge in [-0.15, -0.1) is 0 Å². The Morgan fingerprint density at radius 3 is 2.21 bits per heavy atom. The molecule has 2 rings (SSSR count). The first-order chi connectivity index (χ1) is 6.77. The SMILES string of the molecule is Clc1cccc(Cl)c1CC1NNNN1. The van der Waals surface area contributed by atoms with Crippen molar-refractivity contribution in [1.29, 1.82) is 0 Å². The van der Waals surface area contributed by atoms with Crippen LogP contribution in [0.1, 0.15) is 5.56 Å². The first-order valence-corrected chi connectivity index (χ1v) is 4.97. The van der Waals surface area contributed by atoms with Gasteiger partial charge in [0.15, 0.2) is 0 Å². The van der Waals surface area contributed by atoms with E-state index >= 15 is 0 Å². The number of rotatable bonds is 2. The minimum Gasteiger partial charge on any atom is -0.224 e. The highest BCUT2D eigenvalue weighted by atomic mass is 35.5. The third-order valence-corrected chi connectivity index (χ3v) is 2.73. The van der Waals surface area contributed by atoms with E-state index < -0.39 is 0 Å². The van der Waals surface area contributed by atoms with Crippen LogP contribution in [-0.2, 0) is 6.42 Å². The van der Waals surface area contributed by atoms with Crippen LogP contribution in [-0.4, -0.2) is 6.17 Å². The van der Waals surface area contributed by atoms with Crippen molar-refractivity contribution < 1.29 is 0 Å². The number of nitrogens with one attached hydrogen (secondary N) is 4. The van der Waals surface area contributed by atoms with E-state index in [0.717, 1.165) is 5.56 Å². The van der Waals surface area contributed by atoms with Gasteiger partial charge in [0, 0.05) is 16.5 Å². The van der Waals surface area contributed by atoms with E-state index in [1.54, 1.807) is 0 Å². The summed E-state index contributed by atoms with van der Waals surface area (Å²) in [4.78, 5) is 0. The molecule has 0 atom stereocenters. The normalized spacial score (nSPS) is 17.6. The van der Waals surface area contributed by atoms with Crippen LogP contribution < -0.4 is 21.9 Å². The molecular weight excluding hydrogens is 223 g/mol. The molecule has 0 unspecified atom stereocenters. The third-order valence-electron chi connectivity index (χ3n) is 2.03. The predicted molar refractivity (Wildman–Crippen MR) is 56.5 cm³/mol. The van der Waals surface area contributed by atoms with E-state index in [4.69, 9.17) is 23.2 Å². The van der Waals surface area contributed by atoms with Crippen LogP contribution in [0.25, 0.3) is 0 Å². The standard InChI is InChI=1S/C8H10Cl2N4/c9-6-2-1-3-7(10)5(6)4-8-11-13-14-12-8/h1-3,8,11-14H,4H2. The molecule has 1 aliphatic heterocycles. The Labute approximate surface area is 91.9 Å². The maximum atomic E-state index is 6.03. The topological polar surface area (TPSA) is 48.1 Å². The van der Waals surface area contributed by atoms with Gasteiger partial charge < -0.3 is 0 Å². The lowest BCUT2D eigenvalue weighted by Crippen LogP contribution is -2.35. The molecule has 14 heavy (non-hydrogen) atoms. The van der Waals surface area contributed by atoms with Gasteiger partial charge in [-0.05, 0) is 17.7 Å². The van der Waals surface area contributed by atoms with E-state index in [-0.39, 0.29) is 6.17 Å². The fourth-order valence-corrected chi connectivity index (χ4v) is 1.87. The van der Waals surface area contributed by atoms with E-state index in [0.29, 0.717) is 16.5 Å². The summed E-state index contributed by atoms with van der Waals surface area (Å²) in [6.45, 7) is 0. The number of hydrazine groups is 3. The Balaban J connectivity index is 2.14. The van der Waals surface area contributed by atoms with Crippen LogP contribution in [0.15, 0.2) is 18.2 Å². The monoisotopic (exact) mass is 232 g/mol. The average Bonchev–Trinajstić information content (AvgIpc) is 2.64. The second-order valence-electron chi connectivity index (χ2n) is 3.00. The van der Waals surface area contributed by atoms with Crippen LogP contribution in [0.3, 0.4) is 0 Å². The summed E-state index contributed by atoms with van der Waals surface area (Å²) >= 11 is 12.1. The van der Waals surface area contributed by atoms with Crippen molar-refractivity contribution in [2.75, 3.05) is 0 Å². The van der Waals surface area contributed by atoms with Crippen LogP contribution in [0.2, 0.25) is 10.0 Å². The van der Waals surface area contributed by atoms with Crippen molar-refractivity contribution in [3.8, 4) is 0 Å². The van der Waals surface area contributed by atoms with Crippen molar-refractivity contribution >= 4 is 23.2 Å². The Bertz CT molecular complexity index is 305. The average molecular weight is 233 g/mol. The van der Waals surface area contributed by atoms with Crippen molar-refractivity contribution in [1.82, 2.24) is 21.9 Å². The lowest BCUT2D eigenvalue weighted by molar-refractivity contribution is 0.522. The highest BCUT2D eigenvalue weighted by Crippen LogP contribution is 2.25. The Kier molecular flexibility index (Phi) is 3.22. The molecule has 0 aromatic heterocycles. The van der Waals surface area contributed by atoms with Gasteiger partial charge in [-0.3, -0.25) is 0 Å². The molecule has 4 nitrogen and oxygen atoms in total. The molecule has 0 bridgehead atoms. The molecule has 6 heteroatoms. The quantitative estimate of drug-likeness (QED) is 0.615. The molecule has 76 valence electrons. The van der Waals surface area contributed by atoms with Gasteiger partial charge in [0.05, 0.1) is 6.17 Å². The number of hydrogen-bond donors (Lipinski definition) is 4. The summed E-state index contributed by atoms with van der Waals surface area (Å²) in [5.41, 5.74) is 12.3. The zero-order chi connectivity index (χ0) is 9.97. The summed E-state index contributed by atoms with van der Waals surface area (Å²) in [5.74, 6) is 0. The summed E-state index contributed by atoms with van der Waals surface area (Å²) in [6.07, 6.45) is 0.783. The van der Waals surface area contributed by atoms with E-state index in [1.807, 2.05) is 18.2 Å². The van der Waals surface area contributed by atoms with Crippen LogP contribution in [0.5, 0.6) is 0 Å². The second-order valence-corrected chi connectivity index (χ2v) is 3.81. The zero-order valence-electron chi connectivity index (χ0n) is 7.27. The van der Waals surface area contributed by atoms with Gasteiger partial charge in [0.1, 0.15) is 0 Å². The van der Waals surface area contributed by atoms with Gasteiger partial charge in [-0.2, -0.15) is 11.1 Å². The lowest BCUT2D eigenvalue weighted by Gasteiger charge is -2.11. The summed E-state index contributed by atoms with van der Waals surface area (Å²) in [6, 6.07) is 5.50. The fraction of sp³-hybridized carbons (Fsp3) is 0.250. The van der Waals surface area contributed by atoms with Crippen LogP contribution >= 0.6 is 23.2 Å². The summed E-state index contributed by atoms with van der Waals surface area (Å²) in [5, 5.41) is 1.38. The largest absolute Gasteiger partial charge is 0.224 e. The molecule has 0 spiro atoms. The van der Waals surface area contributed by atoms with Gasteiger partial charge in [0.25, 0.3) is 0 Å². The van der Waals surface area contributed by atoms with Crippen LogP contribution in [0, 0.1) is 0 Å². The molecule has 0 aliphatic carbocycles. The Hall–Kier alpha value is -0.360. The number of hydrogen-bond acceptors (Lipinski definition) is 4. The second kappa shape index (κ2) is 4.44. The molecule has 1 aliphatic rings. The van der Waals surface area contributed by atoms with E-state index in [2.05, 4.69) is 21.9 Å². The molecule has 0 radical (unpaired) electrons. The number of benzene rings is 1. The molecule has 1 aromatic rings. The molecule has 0 saturated carbocycles. The van der Waals surface area contributed by atoms with Crippen molar-refractivity contribution in [3.05, 3.63) is 33.8 Å². The minimum absolute atomic E-state index is 0.0763. The first-order valence-electron chi connectivity index (χ1n) is 4.21. The maximum absolute atomic E-state index is 6.03. The summed E-state index contributed by atoms with van der Waals surface area (Å²) in [7, 11) is 0. The van der Waals surface area contributed by atoms with E-state index in [1.165, 1.54) is 0 Å². The molecule has 1 aromatic carbocycles. The van der Waals surface area contributed by atoms with Gasteiger partial charge in [-0.1, -0.05) is 29.3 Å². The first kappa shape index (κ1) is 10.2. The van der Waals surface area contributed by atoms with Crippen molar-refractivity contribution in [2.24, 2.45) is 0 Å². The van der Waals surface area contributed by atoms with Gasteiger partial charge >= 0.3 is 0 Å².